The van der Waals surface area contributed by atoms with Gasteiger partial charge in [-0.05, 0) is 24.1 Å². The summed E-state index contributed by atoms with van der Waals surface area (Å²) in [5.41, 5.74) is 6.56. The van der Waals surface area contributed by atoms with E-state index in [2.05, 4.69) is 10.4 Å². The number of carbonyl (C=O) groups excluding carboxylic acids is 1. The Bertz CT molecular complexity index is 1040. The maximum Gasteiger partial charge on any atom is 0.416 e. The third-order valence-electron chi connectivity index (χ3n) is 4.42. The molecule has 2 aromatic heterocycles. The van der Waals surface area contributed by atoms with Crippen LogP contribution in [0.5, 0.6) is 0 Å². The highest BCUT2D eigenvalue weighted by atomic mass is 35.5. The molecule has 1 aromatic carbocycles. The number of hydrogen-bond acceptors (Lipinski definition) is 4. The second-order valence-electron chi connectivity index (χ2n) is 6.57. The van der Waals surface area contributed by atoms with Gasteiger partial charge in [0.1, 0.15) is 4.34 Å². The van der Waals surface area contributed by atoms with Crippen LogP contribution >= 0.6 is 34.5 Å². The van der Waals surface area contributed by atoms with Gasteiger partial charge >= 0.3 is 6.18 Å². The fourth-order valence-corrected chi connectivity index (χ4v) is 4.41. The topological polar surface area (TPSA) is 72.9 Å². The molecule has 0 saturated heterocycles. The van der Waals surface area contributed by atoms with Crippen molar-refractivity contribution in [3.63, 3.8) is 0 Å². The van der Waals surface area contributed by atoms with E-state index in [-0.39, 0.29) is 13.0 Å². The van der Waals surface area contributed by atoms with Crippen LogP contribution in [0.15, 0.2) is 36.5 Å². The summed E-state index contributed by atoms with van der Waals surface area (Å²) >= 11 is 13.5. The van der Waals surface area contributed by atoms with Crippen LogP contribution in [-0.4, -0.2) is 28.3 Å². The Hall–Kier alpha value is -2.07. The summed E-state index contributed by atoms with van der Waals surface area (Å²) in [6.07, 6.45) is -2.80. The van der Waals surface area contributed by atoms with Crippen molar-refractivity contribution in [1.29, 1.82) is 0 Å². The Morgan fingerprint density at radius 2 is 2.07 bits per heavy atom. The second-order valence-corrected chi connectivity index (χ2v) is 8.63. The van der Waals surface area contributed by atoms with Gasteiger partial charge in [0, 0.05) is 25.2 Å². The number of alkyl halides is 3. The summed E-state index contributed by atoms with van der Waals surface area (Å²) in [6.45, 7) is 0.0571. The van der Waals surface area contributed by atoms with Gasteiger partial charge in [-0.25, -0.2) is 0 Å². The number of nitrogens with zero attached hydrogens (tertiary/aromatic N) is 2. The predicted molar refractivity (Wildman–Crippen MR) is 112 cm³/mol. The number of rotatable bonds is 6. The van der Waals surface area contributed by atoms with Crippen LogP contribution in [0.25, 0.3) is 11.3 Å². The fourth-order valence-electron chi connectivity index (χ4n) is 2.96. The molecular formula is C19H17Cl2F3N4OS. The second kappa shape index (κ2) is 8.97. The minimum absolute atomic E-state index is 0.0571. The van der Waals surface area contributed by atoms with Crippen LogP contribution < -0.4 is 11.1 Å². The summed E-state index contributed by atoms with van der Waals surface area (Å²) in [5, 5.41) is 7.21. The molecule has 0 radical (unpaired) electrons. The highest BCUT2D eigenvalue weighted by Gasteiger charge is 2.30. The largest absolute Gasteiger partial charge is 0.416 e. The van der Waals surface area contributed by atoms with Gasteiger partial charge in [0.05, 0.1) is 27.4 Å². The molecule has 0 fully saturated rings. The number of benzene rings is 1. The van der Waals surface area contributed by atoms with Crippen LogP contribution in [0.2, 0.25) is 9.36 Å². The first-order valence-electron chi connectivity index (χ1n) is 8.74. The number of amides is 1. The summed E-state index contributed by atoms with van der Waals surface area (Å²) in [5.74, 6) is -0.422. The number of carbonyl (C=O) groups is 1. The Balaban J connectivity index is 1.76. The van der Waals surface area contributed by atoms with E-state index in [1.54, 1.807) is 23.9 Å². The van der Waals surface area contributed by atoms with Gasteiger partial charge in [0.25, 0.3) is 5.91 Å². The van der Waals surface area contributed by atoms with Crippen LogP contribution in [0.4, 0.5) is 13.2 Å². The number of nitrogens with one attached hydrogen (secondary N) is 1. The number of aryl methyl sites for hydroxylation is 1. The monoisotopic (exact) mass is 476 g/mol. The summed E-state index contributed by atoms with van der Waals surface area (Å²) < 4.78 is 40.7. The molecule has 0 aliphatic carbocycles. The maximum absolute atomic E-state index is 12.9. The molecule has 0 bridgehead atoms. The van der Waals surface area contributed by atoms with Gasteiger partial charge < -0.3 is 11.1 Å². The van der Waals surface area contributed by atoms with Crippen molar-refractivity contribution >= 4 is 40.4 Å². The van der Waals surface area contributed by atoms with Crippen LogP contribution in [0.3, 0.4) is 0 Å². The number of halogens is 5. The molecule has 1 amide bonds. The lowest BCUT2D eigenvalue weighted by atomic mass is 10.0. The number of hydrogen-bond donors (Lipinski definition) is 2. The van der Waals surface area contributed by atoms with Gasteiger partial charge in [-0.2, -0.15) is 18.3 Å². The standard InChI is InChI=1S/C19H17Cl2F3N4OS/c1-28-16(14(20)9-26-28)13-7-15(30-17(13)21)18(29)27-12(8-25)6-10-3-2-4-11(5-10)19(22,23)24/h2-5,7,9,12H,6,8,25H2,1H3,(H,27,29). The molecule has 0 aliphatic rings. The Morgan fingerprint density at radius 3 is 2.67 bits per heavy atom. The first-order valence-corrected chi connectivity index (χ1v) is 10.3. The molecule has 0 aliphatic heterocycles. The van der Waals surface area contributed by atoms with Crippen molar-refractivity contribution in [1.82, 2.24) is 15.1 Å². The van der Waals surface area contributed by atoms with Crippen molar-refractivity contribution in [3.05, 3.63) is 61.9 Å². The highest BCUT2D eigenvalue weighted by molar-refractivity contribution is 7.18. The molecule has 3 N–H and O–H groups in total. The predicted octanol–water partition coefficient (Wildman–Crippen LogP) is 4.77. The lowest BCUT2D eigenvalue weighted by molar-refractivity contribution is -0.137. The quantitative estimate of drug-likeness (QED) is 0.537. The average molecular weight is 477 g/mol. The first kappa shape index (κ1) is 22.6. The third kappa shape index (κ3) is 4.97. The molecule has 3 rings (SSSR count). The number of nitrogens with two attached hydrogens (primary N) is 1. The van der Waals surface area contributed by atoms with Crippen molar-refractivity contribution < 1.29 is 18.0 Å². The summed E-state index contributed by atoms with van der Waals surface area (Å²) in [7, 11) is 1.70. The molecule has 1 atom stereocenters. The van der Waals surface area contributed by atoms with E-state index in [0.29, 0.717) is 31.1 Å². The molecule has 3 aromatic rings. The van der Waals surface area contributed by atoms with Gasteiger partial charge in [-0.3, -0.25) is 9.48 Å². The lowest BCUT2D eigenvalue weighted by Crippen LogP contribution is -2.41. The Morgan fingerprint density at radius 1 is 1.33 bits per heavy atom. The molecule has 1 unspecified atom stereocenters. The molecule has 30 heavy (non-hydrogen) atoms. The third-order valence-corrected chi connectivity index (χ3v) is 6.05. The SMILES string of the molecule is Cn1ncc(Cl)c1-c1cc(C(=O)NC(CN)Cc2cccc(C(F)(F)F)c2)sc1Cl. The van der Waals surface area contributed by atoms with E-state index >= 15 is 0 Å². The Labute approximate surface area is 184 Å². The van der Waals surface area contributed by atoms with E-state index in [1.807, 2.05) is 0 Å². The highest BCUT2D eigenvalue weighted by Crippen LogP contribution is 2.38. The molecule has 0 saturated carbocycles. The van der Waals surface area contributed by atoms with Gasteiger partial charge in [-0.15, -0.1) is 11.3 Å². The average Bonchev–Trinajstić information content (AvgIpc) is 3.22. The van der Waals surface area contributed by atoms with Crippen LogP contribution in [-0.2, 0) is 19.6 Å². The van der Waals surface area contributed by atoms with E-state index in [4.69, 9.17) is 28.9 Å². The lowest BCUT2D eigenvalue weighted by Gasteiger charge is -2.17. The van der Waals surface area contributed by atoms with Crippen molar-refractivity contribution in [2.75, 3.05) is 6.54 Å². The molecule has 0 spiro atoms. The first-order chi connectivity index (χ1) is 14.1. The van der Waals surface area contributed by atoms with Gasteiger partial charge in [-0.1, -0.05) is 41.4 Å². The normalized spacial score (nSPS) is 12.8. The van der Waals surface area contributed by atoms with Crippen molar-refractivity contribution in [3.8, 4) is 11.3 Å². The summed E-state index contributed by atoms with van der Waals surface area (Å²) in [4.78, 5) is 13.0. The smallest absolute Gasteiger partial charge is 0.347 e. The molecule has 160 valence electrons. The number of thiophene rings is 1. The zero-order chi connectivity index (χ0) is 22.1. The van der Waals surface area contributed by atoms with Crippen molar-refractivity contribution in [2.45, 2.75) is 18.6 Å². The van der Waals surface area contributed by atoms with Crippen LogP contribution in [0, 0.1) is 0 Å². The number of aromatic nitrogens is 2. The minimum Gasteiger partial charge on any atom is -0.347 e. The zero-order valence-corrected chi connectivity index (χ0v) is 18.0. The van der Waals surface area contributed by atoms with E-state index in [9.17, 15) is 18.0 Å². The minimum atomic E-state index is -4.44. The van der Waals surface area contributed by atoms with Gasteiger partial charge in [0.2, 0.25) is 0 Å². The van der Waals surface area contributed by atoms with E-state index < -0.39 is 23.7 Å². The Kier molecular flexibility index (Phi) is 6.76. The fraction of sp³-hybridized carbons (Fsp3) is 0.263. The molecule has 2 heterocycles. The molecular weight excluding hydrogens is 460 g/mol. The van der Waals surface area contributed by atoms with Crippen molar-refractivity contribution in [2.24, 2.45) is 12.8 Å². The maximum atomic E-state index is 12.9. The molecule has 5 nitrogen and oxygen atoms in total. The summed E-state index contributed by atoms with van der Waals surface area (Å²) in [6, 6.07) is 6.00. The van der Waals surface area contributed by atoms with E-state index in [0.717, 1.165) is 23.5 Å². The molecule has 11 heteroatoms. The van der Waals surface area contributed by atoms with Crippen LogP contribution in [0.1, 0.15) is 20.8 Å². The van der Waals surface area contributed by atoms with Gasteiger partial charge in [0.15, 0.2) is 0 Å². The zero-order valence-electron chi connectivity index (χ0n) is 15.6. The van der Waals surface area contributed by atoms with E-state index in [1.165, 1.54) is 12.3 Å².